The SMILES string of the molecule is C[C@H]1CN(Cc2ccc([S@](C)=O)cc2)C(C)(C)CO1. The van der Waals surface area contributed by atoms with Crippen molar-refractivity contribution in [2.75, 3.05) is 19.4 Å². The third kappa shape index (κ3) is 3.65. The quantitative estimate of drug-likeness (QED) is 0.852. The largest absolute Gasteiger partial charge is 0.375 e. The van der Waals surface area contributed by atoms with Crippen LogP contribution in [0.1, 0.15) is 26.3 Å². The number of hydrogen-bond donors (Lipinski definition) is 0. The van der Waals surface area contributed by atoms with E-state index in [9.17, 15) is 4.21 Å². The van der Waals surface area contributed by atoms with Crippen LogP contribution in [-0.2, 0) is 22.1 Å². The van der Waals surface area contributed by atoms with Gasteiger partial charge in [-0.1, -0.05) is 12.1 Å². The Hall–Kier alpha value is -0.710. The summed E-state index contributed by atoms with van der Waals surface area (Å²) >= 11 is 0. The summed E-state index contributed by atoms with van der Waals surface area (Å²) in [6.07, 6.45) is 2.00. The van der Waals surface area contributed by atoms with Crippen molar-refractivity contribution in [3.63, 3.8) is 0 Å². The van der Waals surface area contributed by atoms with E-state index in [4.69, 9.17) is 4.74 Å². The first-order valence-corrected chi connectivity index (χ1v) is 8.23. The van der Waals surface area contributed by atoms with Gasteiger partial charge in [-0.3, -0.25) is 9.11 Å². The Morgan fingerprint density at radius 2 is 2.00 bits per heavy atom. The van der Waals surface area contributed by atoms with E-state index in [2.05, 4.69) is 37.8 Å². The van der Waals surface area contributed by atoms with Gasteiger partial charge in [0, 0.05) is 40.6 Å². The normalized spacial score (nSPS) is 25.2. The molecule has 0 spiro atoms. The molecule has 3 nitrogen and oxygen atoms in total. The average molecular weight is 281 g/mol. The van der Waals surface area contributed by atoms with Crippen LogP contribution in [0.3, 0.4) is 0 Å². The second kappa shape index (κ2) is 5.73. The number of ether oxygens (including phenoxy) is 1. The van der Waals surface area contributed by atoms with Gasteiger partial charge in [0.05, 0.1) is 12.7 Å². The van der Waals surface area contributed by atoms with Crippen molar-refractivity contribution < 1.29 is 8.95 Å². The first-order valence-electron chi connectivity index (χ1n) is 6.67. The van der Waals surface area contributed by atoms with Gasteiger partial charge in [0.2, 0.25) is 0 Å². The summed E-state index contributed by atoms with van der Waals surface area (Å²) in [7, 11) is -0.899. The van der Waals surface area contributed by atoms with Gasteiger partial charge in [-0.15, -0.1) is 0 Å². The van der Waals surface area contributed by atoms with Gasteiger partial charge in [-0.2, -0.15) is 0 Å². The first-order chi connectivity index (χ1) is 8.88. The maximum absolute atomic E-state index is 11.4. The monoisotopic (exact) mass is 281 g/mol. The zero-order valence-electron chi connectivity index (χ0n) is 12.2. The minimum Gasteiger partial charge on any atom is -0.375 e. The van der Waals surface area contributed by atoms with Gasteiger partial charge in [-0.25, -0.2) is 0 Å². The molecule has 0 aliphatic carbocycles. The molecule has 1 fully saturated rings. The molecule has 2 rings (SSSR count). The van der Waals surface area contributed by atoms with Crippen LogP contribution in [0.15, 0.2) is 29.2 Å². The van der Waals surface area contributed by atoms with Gasteiger partial charge < -0.3 is 4.74 Å². The molecule has 1 aliphatic rings. The fraction of sp³-hybridized carbons (Fsp3) is 0.600. The number of benzene rings is 1. The van der Waals surface area contributed by atoms with E-state index in [1.165, 1.54) is 5.56 Å². The maximum Gasteiger partial charge on any atom is 0.0675 e. The lowest BCUT2D eigenvalue weighted by atomic mass is 10.00. The molecule has 1 aromatic rings. The van der Waals surface area contributed by atoms with Crippen LogP contribution in [0, 0.1) is 0 Å². The molecule has 0 N–H and O–H groups in total. The van der Waals surface area contributed by atoms with Crippen LogP contribution in [-0.4, -0.2) is 40.2 Å². The first kappa shape index (κ1) is 14.7. The van der Waals surface area contributed by atoms with Crippen molar-refractivity contribution in [1.82, 2.24) is 4.90 Å². The predicted octanol–water partition coefficient (Wildman–Crippen LogP) is 2.42. The number of rotatable bonds is 3. The highest BCUT2D eigenvalue weighted by Crippen LogP contribution is 2.24. The third-order valence-electron chi connectivity index (χ3n) is 3.68. The molecule has 1 heterocycles. The van der Waals surface area contributed by atoms with Gasteiger partial charge in [0.1, 0.15) is 0 Å². The van der Waals surface area contributed by atoms with E-state index in [1.54, 1.807) is 6.26 Å². The molecule has 1 aliphatic heterocycles. The standard InChI is InChI=1S/C15H23NO2S/c1-12-9-16(15(2,3)11-18-12)10-13-5-7-14(8-6-13)19(4)17/h5-8,12H,9-11H2,1-4H3/t12-,19-/m0/s1. The fourth-order valence-electron chi connectivity index (χ4n) is 2.33. The van der Waals surface area contributed by atoms with Crippen LogP contribution >= 0.6 is 0 Å². The van der Waals surface area contributed by atoms with Crippen LogP contribution in [0.25, 0.3) is 0 Å². The zero-order valence-corrected chi connectivity index (χ0v) is 13.0. The van der Waals surface area contributed by atoms with Crippen molar-refractivity contribution in [3.05, 3.63) is 29.8 Å². The van der Waals surface area contributed by atoms with Gasteiger partial charge >= 0.3 is 0 Å². The minimum atomic E-state index is -0.899. The van der Waals surface area contributed by atoms with E-state index >= 15 is 0 Å². The highest BCUT2D eigenvalue weighted by atomic mass is 32.2. The lowest BCUT2D eigenvalue weighted by Crippen LogP contribution is -2.54. The van der Waals surface area contributed by atoms with E-state index in [0.717, 1.165) is 24.6 Å². The summed E-state index contributed by atoms with van der Waals surface area (Å²) in [5.74, 6) is 0. The second-order valence-corrected chi connectivity index (χ2v) is 7.29. The molecule has 4 heteroatoms. The average Bonchev–Trinajstić information content (AvgIpc) is 2.35. The summed E-state index contributed by atoms with van der Waals surface area (Å²) in [5.41, 5.74) is 1.33. The summed E-state index contributed by atoms with van der Waals surface area (Å²) in [6.45, 7) is 9.19. The molecular weight excluding hydrogens is 258 g/mol. The molecule has 0 amide bonds. The van der Waals surface area contributed by atoms with Crippen LogP contribution in [0.2, 0.25) is 0 Å². The molecule has 19 heavy (non-hydrogen) atoms. The predicted molar refractivity (Wildman–Crippen MR) is 78.7 cm³/mol. The van der Waals surface area contributed by atoms with Crippen molar-refractivity contribution in [3.8, 4) is 0 Å². The summed E-state index contributed by atoms with van der Waals surface area (Å²) in [6, 6.07) is 8.07. The van der Waals surface area contributed by atoms with Crippen LogP contribution in [0.5, 0.6) is 0 Å². The molecule has 1 aromatic carbocycles. The van der Waals surface area contributed by atoms with Crippen molar-refractivity contribution in [1.29, 1.82) is 0 Å². The molecule has 1 saturated heterocycles. The van der Waals surface area contributed by atoms with Crippen LogP contribution in [0.4, 0.5) is 0 Å². The smallest absolute Gasteiger partial charge is 0.0675 e. The van der Waals surface area contributed by atoms with Gasteiger partial charge in [-0.05, 0) is 38.5 Å². The number of morpholine rings is 1. The summed E-state index contributed by atoms with van der Waals surface area (Å²) in [5, 5.41) is 0. The lowest BCUT2D eigenvalue weighted by molar-refractivity contribution is -0.0949. The Morgan fingerprint density at radius 3 is 2.58 bits per heavy atom. The topological polar surface area (TPSA) is 29.5 Å². The van der Waals surface area contributed by atoms with Gasteiger partial charge in [0.25, 0.3) is 0 Å². The van der Waals surface area contributed by atoms with Crippen molar-refractivity contribution in [2.45, 2.75) is 43.9 Å². The minimum absolute atomic E-state index is 0.0682. The number of hydrogen-bond acceptors (Lipinski definition) is 3. The molecule has 0 bridgehead atoms. The Labute approximate surface area is 118 Å². The third-order valence-corrected chi connectivity index (χ3v) is 4.62. The van der Waals surface area contributed by atoms with E-state index in [0.29, 0.717) is 0 Å². The molecule has 0 aromatic heterocycles. The lowest BCUT2D eigenvalue weighted by Gasteiger charge is -2.44. The molecule has 0 unspecified atom stereocenters. The number of nitrogens with zero attached hydrogens (tertiary/aromatic N) is 1. The molecular formula is C15H23NO2S. The Morgan fingerprint density at radius 1 is 1.37 bits per heavy atom. The zero-order chi connectivity index (χ0) is 14.0. The van der Waals surface area contributed by atoms with E-state index in [-0.39, 0.29) is 11.6 Å². The fourth-order valence-corrected chi connectivity index (χ4v) is 2.85. The Kier molecular flexibility index (Phi) is 4.43. The molecule has 0 radical (unpaired) electrons. The van der Waals surface area contributed by atoms with E-state index in [1.807, 2.05) is 12.1 Å². The summed E-state index contributed by atoms with van der Waals surface area (Å²) < 4.78 is 17.1. The maximum atomic E-state index is 11.4. The Bertz CT molecular complexity index is 456. The molecule has 2 atom stereocenters. The van der Waals surface area contributed by atoms with Crippen molar-refractivity contribution >= 4 is 10.8 Å². The van der Waals surface area contributed by atoms with E-state index < -0.39 is 10.8 Å². The summed E-state index contributed by atoms with van der Waals surface area (Å²) in [4.78, 5) is 3.34. The molecule has 106 valence electrons. The van der Waals surface area contributed by atoms with Gasteiger partial charge in [0.15, 0.2) is 0 Å². The highest BCUT2D eigenvalue weighted by Gasteiger charge is 2.33. The van der Waals surface area contributed by atoms with Crippen LogP contribution < -0.4 is 0 Å². The Balaban J connectivity index is 2.08. The van der Waals surface area contributed by atoms with Crippen molar-refractivity contribution in [2.24, 2.45) is 0 Å². The molecule has 0 saturated carbocycles. The second-order valence-electron chi connectivity index (χ2n) is 5.91. The highest BCUT2D eigenvalue weighted by molar-refractivity contribution is 7.84.